The minimum Gasteiger partial charge on any atom is -0.481 e. The molecule has 0 aliphatic carbocycles. The summed E-state index contributed by atoms with van der Waals surface area (Å²) in [4.78, 5) is 26.7. The van der Waals surface area contributed by atoms with E-state index >= 15 is 0 Å². The minimum atomic E-state index is -1.04. The number of hydrogen-bond acceptors (Lipinski definition) is 3. The Balaban J connectivity index is 2.06. The van der Waals surface area contributed by atoms with Gasteiger partial charge in [0.05, 0.1) is 17.7 Å². The number of nitrogens with one attached hydrogen (secondary N) is 1. The lowest BCUT2D eigenvalue weighted by Crippen LogP contribution is -2.31. The van der Waals surface area contributed by atoms with Gasteiger partial charge in [-0.1, -0.05) is 30.3 Å². The molecule has 1 unspecified atom stereocenters. The summed E-state index contributed by atoms with van der Waals surface area (Å²) in [5.41, 5.74) is 0.634. The summed E-state index contributed by atoms with van der Waals surface area (Å²) in [7, 11) is 0. The van der Waals surface area contributed by atoms with Crippen molar-refractivity contribution in [3.05, 3.63) is 65.7 Å². The molecule has 1 atom stereocenters. The summed E-state index contributed by atoms with van der Waals surface area (Å²) in [6.07, 6.45) is 2.21. The van der Waals surface area contributed by atoms with E-state index < -0.39 is 23.6 Å². The van der Waals surface area contributed by atoms with Crippen LogP contribution in [0.3, 0.4) is 0 Å². The van der Waals surface area contributed by atoms with Crippen LogP contribution in [0.5, 0.6) is 0 Å². The molecule has 1 amide bonds. The number of carbonyl (C=O) groups is 2. The molecule has 0 saturated heterocycles. The van der Waals surface area contributed by atoms with Crippen molar-refractivity contribution in [3.8, 4) is 0 Å². The van der Waals surface area contributed by atoms with E-state index in [-0.39, 0.29) is 12.1 Å². The Kier molecular flexibility index (Phi) is 4.61. The van der Waals surface area contributed by atoms with Gasteiger partial charge in [-0.2, -0.15) is 0 Å². The highest BCUT2D eigenvalue weighted by molar-refractivity contribution is 5.94. The smallest absolute Gasteiger partial charge is 0.312 e. The maximum atomic E-state index is 13.0. The molecule has 108 valence electrons. The van der Waals surface area contributed by atoms with E-state index in [1.165, 1.54) is 6.20 Å². The number of pyridine rings is 1. The molecule has 6 heteroatoms. The van der Waals surface area contributed by atoms with Gasteiger partial charge in [0.2, 0.25) is 0 Å². The van der Waals surface area contributed by atoms with Crippen molar-refractivity contribution in [2.45, 2.75) is 5.92 Å². The van der Waals surface area contributed by atoms with E-state index in [0.29, 0.717) is 5.56 Å². The Morgan fingerprint density at radius 1 is 1.24 bits per heavy atom. The molecule has 2 aromatic rings. The van der Waals surface area contributed by atoms with Gasteiger partial charge < -0.3 is 10.4 Å². The molecule has 0 radical (unpaired) electrons. The van der Waals surface area contributed by atoms with Gasteiger partial charge in [-0.15, -0.1) is 0 Å². The highest BCUT2D eigenvalue weighted by Gasteiger charge is 2.20. The fraction of sp³-hybridized carbons (Fsp3) is 0.133. The maximum Gasteiger partial charge on any atom is 0.312 e. The zero-order valence-corrected chi connectivity index (χ0v) is 11.0. The number of amides is 1. The summed E-state index contributed by atoms with van der Waals surface area (Å²) in [6.45, 7) is -0.0886. The molecule has 0 aliphatic rings. The lowest BCUT2D eigenvalue weighted by Gasteiger charge is -2.13. The Labute approximate surface area is 120 Å². The van der Waals surface area contributed by atoms with Crippen LogP contribution in [0.15, 0.2) is 48.8 Å². The molecule has 1 heterocycles. The Hall–Kier alpha value is -2.76. The number of hydrogen-bond donors (Lipinski definition) is 2. The first-order valence-electron chi connectivity index (χ1n) is 6.24. The molecule has 2 rings (SSSR count). The average Bonchev–Trinajstić information content (AvgIpc) is 2.48. The lowest BCUT2D eigenvalue weighted by molar-refractivity contribution is -0.138. The zero-order valence-electron chi connectivity index (χ0n) is 11.0. The quantitative estimate of drug-likeness (QED) is 0.879. The van der Waals surface area contributed by atoms with Gasteiger partial charge >= 0.3 is 5.97 Å². The van der Waals surface area contributed by atoms with Crippen molar-refractivity contribution in [1.82, 2.24) is 10.3 Å². The largest absolute Gasteiger partial charge is 0.481 e. The van der Waals surface area contributed by atoms with E-state index in [1.807, 2.05) is 0 Å². The number of carboxylic acids is 1. The van der Waals surface area contributed by atoms with Crippen LogP contribution >= 0.6 is 0 Å². The van der Waals surface area contributed by atoms with Crippen LogP contribution in [0.1, 0.15) is 21.8 Å². The zero-order chi connectivity index (χ0) is 15.2. The third kappa shape index (κ3) is 3.85. The van der Waals surface area contributed by atoms with Crippen molar-refractivity contribution in [1.29, 1.82) is 0 Å². The predicted molar refractivity (Wildman–Crippen MR) is 73.3 cm³/mol. The van der Waals surface area contributed by atoms with Gasteiger partial charge in [0.25, 0.3) is 5.91 Å². The number of halogens is 1. The van der Waals surface area contributed by atoms with Crippen LogP contribution in [0.25, 0.3) is 0 Å². The maximum absolute atomic E-state index is 13.0. The van der Waals surface area contributed by atoms with Crippen LogP contribution in [-0.2, 0) is 4.79 Å². The topological polar surface area (TPSA) is 79.3 Å². The SMILES string of the molecule is O=C(NCC(C(=O)O)c1ccccc1)c1cncc(F)c1. The van der Waals surface area contributed by atoms with Crippen molar-refractivity contribution >= 4 is 11.9 Å². The number of aromatic nitrogens is 1. The van der Waals surface area contributed by atoms with E-state index in [9.17, 15) is 19.1 Å². The number of carboxylic acid groups (broad SMARTS) is 1. The van der Waals surface area contributed by atoms with Crippen molar-refractivity contribution in [2.75, 3.05) is 6.54 Å². The van der Waals surface area contributed by atoms with Crippen LogP contribution < -0.4 is 5.32 Å². The van der Waals surface area contributed by atoms with Gasteiger partial charge in [-0.05, 0) is 11.6 Å². The number of rotatable bonds is 5. The van der Waals surface area contributed by atoms with Crippen LogP contribution in [-0.4, -0.2) is 28.5 Å². The Bertz CT molecular complexity index is 646. The molecule has 0 saturated carbocycles. The fourth-order valence-electron chi connectivity index (χ4n) is 1.87. The molecule has 1 aromatic carbocycles. The standard InChI is InChI=1S/C15H13FN2O3/c16-12-6-11(7-17-8-12)14(19)18-9-13(15(20)21)10-4-2-1-3-5-10/h1-8,13H,9H2,(H,18,19)(H,20,21). The first-order chi connectivity index (χ1) is 10.1. The summed E-state index contributed by atoms with van der Waals surface area (Å²) >= 11 is 0. The first kappa shape index (κ1) is 14.6. The average molecular weight is 288 g/mol. The van der Waals surface area contributed by atoms with E-state index in [1.54, 1.807) is 30.3 Å². The van der Waals surface area contributed by atoms with Crippen molar-refractivity contribution in [3.63, 3.8) is 0 Å². The van der Waals surface area contributed by atoms with Crippen molar-refractivity contribution in [2.24, 2.45) is 0 Å². The second-order valence-corrected chi connectivity index (χ2v) is 4.40. The molecular weight excluding hydrogens is 275 g/mol. The normalized spacial score (nSPS) is 11.7. The second-order valence-electron chi connectivity index (χ2n) is 4.40. The molecule has 0 bridgehead atoms. The highest BCUT2D eigenvalue weighted by atomic mass is 19.1. The van der Waals surface area contributed by atoms with Gasteiger partial charge in [-0.25, -0.2) is 4.39 Å². The molecule has 0 spiro atoms. The summed E-state index contributed by atoms with van der Waals surface area (Å²) in [5, 5.41) is 11.7. The first-order valence-corrected chi connectivity index (χ1v) is 6.24. The lowest BCUT2D eigenvalue weighted by atomic mass is 9.99. The summed E-state index contributed by atoms with van der Waals surface area (Å²) < 4.78 is 13.0. The third-order valence-electron chi connectivity index (χ3n) is 2.93. The van der Waals surface area contributed by atoms with Crippen LogP contribution in [0.4, 0.5) is 4.39 Å². The molecular formula is C15H13FN2O3. The molecule has 21 heavy (non-hydrogen) atoms. The molecule has 5 nitrogen and oxygen atoms in total. The molecule has 1 aromatic heterocycles. The second kappa shape index (κ2) is 6.60. The number of benzene rings is 1. The number of nitrogens with zero attached hydrogens (tertiary/aromatic N) is 1. The van der Waals surface area contributed by atoms with Gasteiger partial charge in [0.15, 0.2) is 0 Å². The Morgan fingerprint density at radius 2 is 1.95 bits per heavy atom. The molecule has 0 fully saturated rings. The van der Waals surface area contributed by atoms with E-state index in [0.717, 1.165) is 12.3 Å². The van der Waals surface area contributed by atoms with Crippen LogP contribution in [0.2, 0.25) is 0 Å². The summed E-state index contributed by atoms with van der Waals surface area (Å²) in [5.74, 6) is -3.10. The van der Waals surface area contributed by atoms with Crippen molar-refractivity contribution < 1.29 is 19.1 Å². The molecule has 2 N–H and O–H groups in total. The van der Waals surface area contributed by atoms with Gasteiger partial charge in [0.1, 0.15) is 5.82 Å². The van der Waals surface area contributed by atoms with E-state index in [4.69, 9.17) is 0 Å². The van der Waals surface area contributed by atoms with E-state index in [2.05, 4.69) is 10.3 Å². The number of aliphatic carboxylic acids is 1. The number of carbonyl (C=O) groups excluding carboxylic acids is 1. The monoisotopic (exact) mass is 288 g/mol. The van der Waals surface area contributed by atoms with Crippen LogP contribution in [0, 0.1) is 5.82 Å². The third-order valence-corrected chi connectivity index (χ3v) is 2.93. The van der Waals surface area contributed by atoms with Gasteiger partial charge in [-0.3, -0.25) is 14.6 Å². The predicted octanol–water partition coefficient (Wildman–Crippen LogP) is 1.82. The molecule has 0 aliphatic heterocycles. The minimum absolute atomic E-state index is 0.0483. The Morgan fingerprint density at radius 3 is 2.57 bits per heavy atom. The summed E-state index contributed by atoms with van der Waals surface area (Å²) in [6, 6.07) is 9.62. The van der Waals surface area contributed by atoms with Gasteiger partial charge in [0, 0.05) is 12.7 Å². The highest BCUT2D eigenvalue weighted by Crippen LogP contribution is 2.15. The fourth-order valence-corrected chi connectivity index (χ4v) is 1.87.